The molecule has 7 unspecified atom stereocenters. The smallest absolute Gasteiger partial charge is 0.320 e. The first kappa shape index (κ1) is 23.5. The Morgan fingerprint density at radius 2 is 1.78 bits per heavy atom. The molecule has 3 saturated carbocycles. The Bertz CT molecular complexity index is 801. The highest BCUT2D eigenvalue weighted by Crippen LogP contribution is 2.67. The minimum atomic E-state index is -0.865. The molecule has 0 radical (unpaired) electrons. The van der Waals surface area contributed by atoms with Gasteiger partial charge in [-0.2, -0.15) is 0 Å². The number of carbonyl (C=O) groups excluding carboxylic acids is 3. The molecule has 4 aliphatic carbocycles. The van der Waals surface area contributed by atoms with E-state index in [0.29, 0.717) is 37.0 Å². The van der Waals surface area contributed by atoms with Gasteiger partial charge in [0.2, 0.25) is 0 Å². The molecule has 0 amide bonds. The summed E-state index contributed by atoms with van der Waals surface area (Å²) >= 11 is 0. The highest BCUT2D eigenvalue weighted by Gasteiger charge is 2.61. The fourth-order valence-corrected chi connectivity index (χ4v) is 8.09. The van der Waals surface area contributed by atoms with Gasteiger partial charge < -0.3 is 14.6 Å². The van der Waals surface area contributed by atoms with Crippen LogP contribution in [0.25, 0.3) is 0 Å². The predicted molar refractivity (Wildman–Crippen MR) is 118 cm³/mol. The molecule has 3 fully saturated rings. The normalized spacial score (nSPS) is 40.8. The molecular weight excluding hydrogens is 408 g/mol. The third kappa shape index (κ3) is 3.63. The summed E-state index contributed by atoms with van der Waals surface area (Å²) in [5.41, 5.74) is 1.29. The van der Waals surface area contributed by atoms with Gasteiger partial charge >= 0.3 is 11.9 Å². The zero-order valence-corrected chi connectivity index (χ0v) is 19.9. The second-order valence-corrected chi connectivity index (χ2v) is 11.1. The monoisotopic (exact) mass is 446 g/mol. The summed E-state index contributed by atoms with van der Waals surface area (Å²) in [6, 6.07) is 0. The number of hydrogen-bond acceptors (Lipinski definition) is 6. The minimum Gasteiger partial charge on any atom is -0.468 e. The summed E-state index contributed by atoms with van der Waals surface area (Å²) in [7, 11) is 2.61. The third-order valence-electron chi connectivity index (χ3n) is 9.96. The van der Waals surface area contributed by atoms with Crippen molar-refractivity contribution in [3.8, 4) is 0 Å². The number of hydrogen-bond donors (Lipinski definition) is 1. The van der Waals surface area contributed by atoms with Crippen molar-refractivity contribution in [1.29, 1.82) is 0 Å². The van der Waals surface area contributed by atoms with Crippen LogP contribution >= 0.6 is 0 Å². The van der Waals surface area contributed by atoms with Crippen LogP contribution < -0.4 is 0 Å². The van der Waals surface area contributed by atoms with Crippen LogP contribution in [0.4, 0.5) is 0 Å². The molecule has 32 heavy (non-hydrogen) atoms. The molecule has 7 atom stereocenters. The molecule has 178 valence electrons. The van der Waals surface area contributed by atoms with Crippen molar-refractivity contribution >= 4 is 17.7 Å². The molecule has 0 aromatic heterocycles. The summed E-state index contributed by atoms with van der Waals surface area (Å²) in [6.45, 7) is 4.68. The van der Waals surface area contributed by atoms with E-state index in [2.05, 4.69) is 13.8 Å². The van der Waals surface area contributed by atoms with Gasteiger partial charge in [0.05, 0.1) is 20.3 Å². The maximum atomic E-state index is 12.1. The Balaban J connectivity index is 1.52. The van der Waals surface area contributed by atoms with Crippen LogP contribution in [-0.4, -0.2) is 43.2 Å². The van der Waals surface area contributed by atoms with Crippen LogP contribution in [0.2, 0.25) is 0 Å². The lowest BCUT2D eigenvalue weighted by Crippen LogP contribution is -2.55. The number of rotatable bonds is 5. The molecule has 0 heterocycles. The maximum absolute atomic E-state index is 12.1. The second kappa shape index (κ2) is 8.58. The molecule has 6 nitrogen and oxygen atoms in total. The molecule has 4 rings (SSSR count). The van der Waals surface area contributed by atoms with Gasteiger partial charge in [0.15, 0.2) is 11.7 Å². The fourth-order valence-electron chi connectivity index (χ4n) is 8.09. The highest BCUT2D eigenvalue weighted by atomic mass is 16.5. The van der Waals surface area contributed by atoms with Crippen LogP contribution in [0.15, 0.2) is 11.6 Å². The van der Waals surface area contributed by atoms with E-state index in [1.165, 1.54) is 19.8 Å². The van der Waals surface area contributed by atoms with E-state index in [9.17, 15) is 19.5 Å². The summed E-state index contributed by atoms with van der Waals surface area (Å²) in [5.74, 6) is -0.191. The average Bonchev–Trinajstić information content (AvgIpc) is 3.11. The van der Waals surface area contributed by atoms with E-state index >= 15 is 0 Å². The molecule has 1 N–H and O–H groups in total. The van der Waals surface area contributed by atoms with E-state index in [1.54, 1.807) is 0 Å². The van der Waals surface area contributed by atoms with Gasteiger partial charge in [0.25, 0.3) is 0 Å². The Morgan fingerprint density at radius 3 is 2.44 bits per heavy atom. The molecule has 6 heteroatoms. The van der Waals surface area contributed by atoms with Gasteiger partial charge in [-0.15, -0.1) is 0 Å². The number of esters is 2. The van der Waals surface area contributed by atoms with Crippen molar-refractivity contribution < 1.29 is 29.0 Å². The lowest BCUT2D eigenvalue weighted by atomic mass is 9.46. The van der Waals surface area contributed by atoms with E-state index in [1.807, 2.05) is 6.08 Å². The molecule has 0 spiro atoms. The van der Waals surface area contributed by atoms with Gasteiger partial charge in [-0.3, -0.25) is 14.4 Å². The molecule has 0 aromatic rings. The number of carbonyl (C=O) groups is 3. The number of ether oxygens (including phenoxy) is 2. The largest absolute Gasteiger partial charge is 0.468 e. The first-order chi connectivity index (χ1) is 15.2. The minimum absolute atomic E-state index is 0.0259. The standard InChI is InChI=1S/C26H38O6/c1-25-12-10-20-22(21(28)14-16-13-17(27)9-11-26(16,20)2)19(25)8-6-15(25)5-7-18(23(29)31-3)24(30)32-4/h13,15,18-22,28H,5-12,14H2,1-4H3. The SMILES string of the molecule is COC(=O)C(CCC1CCC2C3C(O)CC4=CC(=O)CCC4(C)C3CCC12C)C(=O)OC. The Hall–Kier alpha value is -1.69. The number of aliphatic hydroxyl groups excluding tert-OH is 1. The number of ketones is 1. The molecule has 0 aromatic carbocycles. The molecule has 0 saturated heterocycles. The highest BCUT2D eigenvalue weighted by molar-refractivity contribution is 5.94. The average molecular weight is 447 g/mol. The first-order valence-corrected chi connectivity index (χ1v) is 12.2. The molecular formula is C26H38O6. The predicted octanol–water partition coefficient (Wildman–Crippen LogP) is 3.85. The van der Waals surface area contributed by atoms with Crippen molar-refractivity contribution in [3.63, 3.8) is 0 Å². The topological polar surface area (TPSA) is 89.9 Å². The van der Waals surface area contributed by atoms with Crippen LogP contribution in [0.1, 0.15) is 71.6 Å². The third-order valence-corrected chi connectivity index (χ3v) is 9.96. The summed E-state index contributed by atoms with van der Waals surface area (Å²) in [5, 5.41) is 11.2. The van der Waals surface area contributed by atoms with Crippen LogP contribution in [-0.2, 0) is 23.9 Å². The van der Waals surface area contributed by atoms with Crippen molar-refractivity contribution in [2.45, 2.75) is 77.7 Å². The lowest BCUT2D eigenvalue weighted by Gasteiger charge is -2.59. The zero-order valence-electron chi connectivity index (χ0n) is 19.9. The van der Waals surface area contributed by atoms with E-state index in [0.717, 1.165) is 38.5 Å². The van der Waals surface area contributed by atoms with Gasteiger partial charge in [0, 0.05) is 6.42 Å². The Kier molecular flexibility index (Phi) is 6.30. The van der Waals surface area contributed by atoms with E-state index in [4.69, 9.17) is 9.47 Å². The summed E-state index contributed by atoms with van der Waals surface area (Å²) in [4.78, 5) is 36.3. The number of methoxy groups -OCH3 is 2. The maximum Gasteiger partial charge on any atom is 0.320 e. The van der Waals surface area contributed by atoms with Crippen molar-refractivity contribution in [1.82, 2.24) is 0 Å². The van der Waals surface area contributed by atoms with Crippen molar-refractivity contribution in [2.75, 3.05) is 14.2 Å². The first-order valence-electron chi connectivity index (χ1n) is 12.2. The number of aliphatic hydroxyl groups is 1. The van der Waals surface area contributed by atoms with Crippen LogP contribution in [0.3, 0.4) is 0 Å². The molecule has 4 aliphatic rings. The Morgan fingerprint density at radius 1 is 1.09 bits per heavy atom. The fraction of sp³-hybridized carbons (Fsp3) is 0.808. The molecule has 0 bridgehead atoms. The van der Waals surface area contributed by atoms with Gasteiger partial charge in [-0.25, -0.2) is 0 Å². The second-order valence-electron chi connectivity index (χ2n) is 11.1. The van der Waals surface area contributed by atoms with Crippen LogP contribution in [0.5, 0.6) is 0 Å². The lowest BCUT2D eigenvalue weighted by molar-refractivity contribution is -0.159. The van der Waals surface area contributed by atoms with Crippen molar-refractivity contribution in [2.24, 2.45) is 40.4 Å². The van der Waals surface area contributed by atoms with E-state index in [-0.39, 0.29) is 22.5 Å². The quantitative estimate of drug-likeness (QED) is 0.510. The van der Waals surface area contributed by atoms with Crippen LogP contribution in [0, 0.1) is 40.4 Å². The summed E-state index contributed by atoms with van der Waals surface area (Å²) in [6.07, 6.45) is 9.08. The molecule has 0 aliphatic heterocycles. The number of fused-ring (bicyclic) bond motifs is 5. The van der Waals surface area contributed by atoms with Gasteiger partial charge in [0.1, 0.15) is 0 Å². The summed E-state index contributed by atoms with van der Waals surface area (Å²) < 4.78 is 9.67. The van der Waals surface area contributed by atoms with Crippen molar-refractivity contribution in [3.05, 3.63) is 11.6 Å². The Labute approximate surface area is 191 Å². The zero-order chi connectivity index (χ0) is 23.3. The van der Waals surface area contributed by atoms with Gasteiger partial charge in [-0.05, 0) is 91.9 Å². The van der Waals surface area contributed by atoms with Gasteiger partial charge in [-0.1, -0.05) is 19.4 Å². The van der Waals surface area contributed by atoms with E-state index < -0.39 is 24.0 Å².